The number of halogens is 1. The zero-order valence-electron chi connectivity index (χ0n) is 15.1. The third-order valence-corrected chi connectivity index (χ3v) is 4.93. The Hall–Kier alpha value is -2.66. The second-order valence-corrected chi connectivity index (χ2v) is 7.05. The number of hydrogen-bond acceptors (Lipinski definition) is 5. The molecule has 1 aliphatic rings. The minimum atomic E-state index is 0.190. The molecule has 3 aromatic rings. The van der Waals surface area contributed by atoms with Crippen molar-refractivity contribution in [3.05, 3.63) is 65.9 Å². The maximum absolute atomic E-state index is 6.26. The van der Waals surface area contributed by atoms with Crippen LogP contribution in [0.15, 0.2) is 60.7 Å². The van der Waals surface area contributed by atoms with Crippen LogP contribution >= 0.6 is 11.6 Å². The summed E-state index contributed by atoms with van der Waals surface area (Å²) in [7, 11) is 0. The first kappa shape index (κ1) is 17.7. The molecule has 1 aromatic heterocycles. The van der Waals surface area contributed by atoms with Crippen LogP contribution in [0.25, 0.3) is 0 Å². The van der Waals surface area contributed by atoms with Crippen molar-refractivity contribution in [2.45, 2.75) is 38.1 Å². The summed E-state index contributed by atoms with van der Waals surface area (Å²) >= 11 is 6.26. The molecular formula is C21H22ClN5. The molecule has 138 valence electrons. The fourth-order valence-corrected chi connectivity index (χ4v) is 3.62. The number of aromatic nitrogens is 3. The summed E-state index contributed by atoms with van der Waals surface area (Å²) in [6.07, 6.45) is 6.06. The van der Waals surface area contributed by atoms with E-state index in [0.29, 0.717) is 17.9 Å². The van der Waals surface area contributed by atoms with Crippen molar-refractivity contribution in [2.24, 2.45) is 0 Å². The van der Waals surface area contributed by atoms with Gasteiger partial charge in [-0.15, -0.1) is 0 Å². The number of nitrogens with zero attached hydrogens (tertiary/aromatic N) is 4. The number of rotatable bonds is 5. The van der Waals surface area contributed by atoms with E-state index >= 15 is 0 Å². The van der Waals surface area contributed by atoms with Gasteiger partial charge in [-0.25, -0.2) is 0 Å². The molecule has 2 aromatic carbocycles. The standard InChI is InChI=1S/C21H22ClN5/c22-19-24-20(23-16-10-4-1-5-11-16)26-21(25-19)27(17-12-6-2-7-13-17)18-14-8-3-9-15-18/h2-3,6-9,12-16H,1,4-5,10-11H2,(H,23,24,25,26). The number of benzene rings is 2. The van der Waals surface area contributed by atoms with Crippen LogP contribution < -0.4 is 10.2 Å². The van der Waals surface area contributed by atoms with Crippen molar-refractivity contribution in [1.82, 2.24) is 15.0 Å². The van der Waals surface area contributed by atoms with Crippen LogP contribution in [0.2, 0.25) is 5.28 Å². The van der Waals surface area contributed by atoms with Crippen molar-refractivity contribution in [2.75, 3.05) is 10.2 Å². The topological polar surface area (TPSA) is 53.9 Å². The molecule has 0 atom stereocenters. The third-order valence-electron chi connectivity index (χ3n) is 4.76. The lowest BCUT2D eigenvalue weighted by molar-refractivity contribution is 0.460. The van der Waals surface area contributed by atoms with E-state index in [0.717, 1.165) is 24.2 Å². The summed E-state index contributed by atoms with van der Waals surface area (Å²) in [5.74, 6) is 1.04. The highest BCUT2D eigenvalue weighted by Gasteiger charge is 2.19. The predicted octanol–water partition coefficient (Wildman–Crippen LogP) is 5.74. The molecule has 1 aliphatic carbocycles. The molecule has 0 unspecified atom stereocenters. The lowest BCUT2D eigenvalue weighted by Crippen LogP contribution is -2.24. The van der Waals surface area contributed by atoms with E-state index in [9.17, 15) is 0 Å². The van der Waals surface area contributed by atoms with Crippen LogP contribution in [0, 0.1) is 0 Å². The Balaban J connectivity index is 1.71. The summed E-state index contributed by atoms with van der Waals surface area (Å²) in [5.41, 5.74) is 1.93. The van der Waals surface area contributed by atoms with Gasteiger partial charge in [0.2, 0.25) is 17.2 Å². The summed E-state index contributed by atoms with van der Waals surface area (Å²) in [5, 5.41) is 3.64. The van der Waals surface area contributed by atoms with Gasteiger partial charge in [-0.2, -0.15) is 15.0 Å². The molecule has 0 spiro atoms. The molecule has 1 N–H and O–H groups in total. The van der Waals surface area contributed by atoms with Gasteiger partial charge in [-0.05, 0) is 48.7 Å². The van der Waals surface area contributed by atoms with Crippen LogP contribution in [0.3, 0.4) is 0 Å². The van der Waals surface area contributed by atoms with E-state index in [1.807, 2.05) is 65.6 Å². The van der Waals surface area contributed by atoms with E-state index < -0.39 is 0 Å². The SMILES string of the molecule is Clc1nc(NC2CCCCC2)nc(N(c2ccccc2)c2ccccc2)n1. The van der Waals surface area contributed by atoms with Gasteiger partial charge in [0.25, 0.3) is 0 Å². The van der Waals surface area contributed by atoms with Gasteiger partial charge in [0.1, 0.15) is 0 Å². The molecule has 0 amide bonds. The van der Waals surface area contributed by atoms with Crippen molar-refractivity contribution in [3.8, 4) is 0 Å². The van der Waals surface area contributed by atoms with Crippen molar-refractivity contribution < 1.29 is 0 Å². The molecule has 1 saturated carbocycles. The molecule has 4 rings (SSSR count). The third kappa shape index (κ3) is 4.37. The molecular weight excluding hydrogens is 358 g/mol. The molecule has 5 nitrogen and oxygen atoms in total. The molecule has 1 heterocycles. The number of para-hydroxylation sites is 2. The Morgan fingerprint density at radius 3 is 1.96 bits per heavy atom. The van der Waals surface area contributed by atoms with E-state index in [1.165, 1.54) is 19.3 Å². The lowest BCUT2D eigenvalue weighted by Gasteiger charge is -2.25. The molecule has 1 fully saturated rings. The minimum absolute atomic E-state index is 0.190. The van der Waals surface area contributed by atoms with Gasteiger partial charge in [0, 0.05) is 17.4 Å². The average molecular weight is 380 g/mol. The maximum atomic E-state index is 6.26. The van der Waals surface area contributed by atoms with Gasteiger partial charge in [0.15, 0.2) is 0 Å². The fraction of sp³-hybridized carbons (Fsp3) is 0.286. The van der Waals surface area contributed by atoms with Gasteiger partial charge in [0.05, 0.1) is 0 Å². The summed E-state index contributed by atoms with van der Waals surface area (Å²) in [4.78, 5) is 15.4. The molecule has 27 heavy (non-hydrogen) atoms. The quantitative estimate of drug-likeness (QED) is 0.612. The normalized spacial score (nSPS) is 14.7. The largest absolute Gasteiger partial charge is 0.351 e. The monoisotopic (exact) mass is 379 g/mol. The van der Waals surface area contributed by atoms with Gasteiger partial charge >= 0.3 is 0 Å². The van der Waals surface area contributed by atoms with Gasteiger partial charge in [-0.3, -0.25) is 4.90 Å². The highest BCUT2D eigenvalue weighted by Crippen LogP contribution is 2.32. The highest BCUT2D eigenvalue weighted by atomic mass is 35.5. The number of hydrogen-bond donors (Lipinski definition) is 1. The van der Waals surface area contributed by atoms with Gasteiger partial charge in [-0.1, -0.05) is 55.7 Å². The van der Waals surface area contributed by atoms with E-state index in [4.69, 9.17) is 11.6 Å². The maximum Gasteiger partial charge on any atom is 0.240 e. The molecule has 6 heteroatoms. The Morgan fingerprint density at radius 1 is 0.778 bits per heavy atom. The molecule has 0 radical (unpaired) electrons. The van der Waals surface area contributed by atoms with E-state index in [-0.39, 0.29) is 5.28 Å². The Kier molecular flexibility index (Phi) is 5.49. The second-order valence-electron chi connectivity index (χ2n) is 6.71. The van der Waals surface area contributed by atoms with Crippen LogP contribution in [0.5, 0.6) is 0 Å². The summed E-state index contributed by atoms with van der Waals surface area (Å²) < 4.78 is 0. The first-order chi connectivity index (χ1) is 13.3. The second kappa shape index (κ2) is 8.35. The van der Waals surface area contributed by atoms with Crippen molar-refractivity contribution in [3.63, 3.8) is 0 Å². The van der Waals surface area contributed by atoms with Crippen LogP contribution in [0.4, 0.5) is 23.3 Å². The van der Waals surface area contributed by atoms with Crippen molar-refractivity contribution >= 4 is 34.9 Å². The highest BCUT2D eigenvalue weighted by molar-refractivity contribution is 6.28. The zero-order valence-corrected chi connectivity index (χ0v) is 15.8. The van der Waals surface area contributed by atoms with E-state index in [1.54, 1.807) is 0 Å². The van der Waals surface area contributed by atoms with Crippen LogP contribution in [-0.2, 0) is 0 Å². The Bertz CT molecular complexity index is 827. The van der Waals surface area contributed by atoms with Crippen LogP contribution in [0.1, 0.15) is 32.1 Å². The first-order valence-corrected chi connectivity index (χ1v) is 9.76. The zero-order chi connectivity index (χ0) is 18.5. The van der Waals surface area contributed by atoms with E-state index in [2.05, 4.69) is 20.3 Å². The van der Waals surface area contributed by atoms with Crippen LogP contribution in [-0.4, -0.2) is 21.0 Å². The summed E-state index contributed by atoms with van der Waals surface area (Å²) in [6.45, 7) is 0. The summed E-state index contributed by atoms with van der Waals surface area (Å²) in [6, 6.07) is 20.5. The van der Waals surface area contributed by atoms with Gasteiger partial charge < -0.3 is 5.32 Å². The average Bonchev–Trinajstić information content (AvgIpc) is 2.70. The predicted molar refractivity (Wildman–Crippen MR) is 110 cm³/mol. The molecule has 0 aliphatic heterocycles. The van der Waals surface area contributed by atoms with Crippen molar-refractivity contribution in [1.29, 1.82) is 0 Å². The molecule has 0 bridgehead atoms. The Labute approximate surface area is 164 Å². The number of nitrogens with one attached hydrogen (secondary N) is 1. The minimum Gasteiger partial charge on any atom is -0.351 e. The lowest BCUT2D eigenvalue weighted by atomic mass is 9.96. The fourth-order valence-electron chi connectivity index (χ4n) is 3.47. The smallest absolute Gasteiger partial charge is 0.240 e. The first-order valence-electron chi connectivity index (χ1n) is 9.38. The molecule has 0 saturated heterocycles. The Morgan fingerprint density at radius 2 is 1.37 bits per heavy atom. The number of anilines is 4.